The van der Waals surface area contributed by atoms with Gasteiger partial charge in [-0.15, -0.1) is 0 Å². The van der Waals surface area contributed by atoms with Crippen LogP contribution in [0.25, 0.3) is 0 Å². The maximum absolute atomic E-state index is 2.49. The molecule has 2 aromatic rings. The van der Waals surface area contributed by atoms with Gasteiger partial charge in [0.1, 0.15) is 0 Å². The predicted octanol–water partition coefficient (Wildman–Crippen LogP) is 6.13. The highest BCUT2D eigenvalue weighted by Gasteiger charge is 2.35. The molecule has 0 atom stereocenters. The fourth-order valence-electron chi connectivity index (χ4n) is 3.44. The Bertz CT molecular complexity index is 691. The molecule has 3 rings (SSSR count). The Balaban J connectivity index is 2.14. The lowest BCUT2D eigenvalue weighted by molar-refractivity contribution is 0.692. The van der Waals surface area contributed by atoms with Crippen molar-refractivity contribution < 1.29 is 0 Å². The molecular weight excluding hydrogens is 292 g/mol. The quantitative estimate of drug-likeness (QED) is 0.595. The maximum atomic E-state index is 2.49. The highest BCUT2D eigenvalue weighted by molar-refractivity contribution is 6.83. The van der Waals surface area contributed by atoms with Gasteiger partial charge in [0.25, 0.3) is 0 Å². The third-order valence-electron chi connectivity index (χ3n) is 5.11. The van der Waals surface area contributed by atoms with Crippen molar-refractivity contribution in [2.24, 2.45) is 0 Å². The topological polar surface area (TPSA) is 0 Å². The van der Waals surface area contributed by atoms with E-state index >= 15 is 0 Å². The van der Waals surface area contributed by atoms with E-state index in [4.69, 9.17) is 0 Å². The summed E-state index contributed by atoms with van der Waals surface area (Å²) in [6.07, 6.45) is 6.07. The lowest BCUT2D eigenvalue weighted by Crippen LogP contribution is -2.26. The summed E-state index contributed by atoms with van der Waals surface area (Å²) < 4.78 is 0. The Kier molecular flexibility index (Phi) is 4.16. The van der Waals surface area contributed by atoms with E-state index in [0.717, 1.165) is 6.42 Å². The summed E-state index contributed by atoms with van der Waals surface area (Å²) in [5.74, 6) is 0. The smallest absolute Gasteiger partial charge is 0.0728 e. The first-order valence-electron chi connectivity index (χ1n) is 8.45. The molecule has 0 radical (unpaired) electrons. The van der Waals surface area contributed by atoms with Crippen molar-refractivity contribution in [3.8, 4) is 0 Å². The molecule has 0 aliphatic heterocycles. The number of benzene rings is 2. The molecule has 1 aliphatic rings. The second kappa shape index (κ2) is 5.97. The Labute approximate surface area is 141 Å². The van der Waals surface area contributed by atoms with Gasteiger partial charge in [0.2, 0.25) is 0 Å². The van der Waals surface area contributed by atoms with Crippen molar-refractivity contribution in [2.75, 3.05) is 0 Å². The number of hydrogen-bond acceptors (Lipinski definition) is 0. The molecule has 0 amide bonds. The van der Waals surface area contributed by atoms with Crippen LogP contribution in [0.2, 0.25) is 19.6 Å². The van der Waals surface area contributed by atoms with Crippen molar-refractivity contribution in [1.29, 1.82) is 0 Å². The third-order valence-corrected chi connectivity index (χ3v) is 7.39. The van der Waals surface area contributed by atoms with Gasteiger partial charge in [0, 0.05) is 5.41 Å². The van der Waals surface area contributed by atoms with E-state index < -0.39 is 8.07 Å². The first-order chi connectivity index (χ1) is 10.9. The second-order valence-electron chi connectivity index (χ2n) is 7.64. The van der Waals surface area contributed by atoms with Gasteiger partial charge in [-0.1, -0.05) is 97.7 Å². The molecule has 0 saturated carbocycles. The zero-order valence-corrected chi connectivity index (χ0v) is 15.6. The average molecular weight is 319 g/mol. The van der Waals surface area contributed by atoms with E-state index in [2.05, 4.69) is 99.4 Å². The van der Waals surface area contributed by atoms with Crippen molar-refractivity contribution in [3.63, 3.8) is 0 Å². The summed E-state index contributed by atoms with van der Waals surface area (Å²) in [6, 6.07) is 21.8. The van der Waals surface area contributed by atoms with Crippen LogP contribution in [0.15, 0.2) is 83.6 Å². The SMILES string of the molecule is CC(C1=CCC([Si](C)(C)C)=C1)(c1ccccc1)c1ccccc1. The summed E-state index contributed by atoms with van der Waals surface area (Å²) in [7, 11) is -1.24. The van der Waals surface area contributed by atoms with Crippen molar-refractivity contribution in [1.82, 2.24) is 0 Å². The van der Waals surface area contributed by atoms with Crippen molar-refractivity contribution in [3.05, 3.63) is 94.7 Å². The minimum absolute atomic E-state index is 0.0794. The van der Waals surface area contributed by atoms with Crippen LogP contribution in [0.3, 0.4) is 0 Å². The van der Waals surface area contributed by atoms with Gasteiger partial charge in [0.05, 0.1) is 8.07 Å². The summed E-state index contributed by atoms with van der Waals surface area (Å²) in [4.78, 5) is 0. The van der Waals surface area contributed by atoms with Crippen LogP contribution in [0.4, 0.5) is 0 Å². The molecule has 0 heterocycles. The van der Waals surface area contributed by atoms with E-state index in [1.807, 2.05) is 0 Å². The van der Waals surface area contributed by atoms with Gasteiger partial charge in [-0.3, -0.25) is 0 Å². The molecule has 1 heteroatoms. The summed E-state index contributed by atoms with van der Waals surface area (Å²) in [5.41, 5.74) is 4.10. The van der Waals surface area contributed by atoms with E-state index in [1.165, 1.54) is 16.7 Å². The normalized spacial score (nSPS) is 15.3. The third kappa shape index (κ3) is 2.98. The van der Waals surface area contributed by atoms with Crippen molar-refractivity contribution in [2.45, 2.75) is 38.4 Å². The molecule has 118 valence electrons. The number of hydrogen-bond donors (Lipinski definition) is 0. The Morgan fingerprint density at radius 2 is 1.26 bits per heavy atom. The average Bonchev–Trinajstić information content (AvgIpc) is 3.06. The monoisotopic (exact) mass is 318 g/mol. The molecule has 0 bridgehead atoms. The molecule has 0 N–H and O–H groups in total. The predicted molar refractivity (Wildman–Crippen MR) is 103 cm³/mol. The van der Waals surface area contributed by atoms with Crippen LogP contribution in [-0.4, -0.2) is 8.07 Å². The molecule has 0 unspecified atom stereocenters. The molecule has 0 nitrogen and oxygen atoms in total. The molecule has 2 aromatic carbocycles. The largest absolute Gasteiger partial charge is 0.0770 e. The molecule has 1 aliphatic carbocycles. The van der Waals surface area contributed by atoms with Crippen LogP contribution >= 0.6 is 0 Å². The molecule has 0 spiro atoms. The van der Waals surface area contributed by atoms with Gasteiger partial charge in [-0.05, 0) is 30.0 Å². The van der Waals surface area contributed by atoms with Crippen LogP contribution < -0.4 is 0 Å². The van der Waals surface area contributed by atoms with E-state index in [-0.39, 0.29) is 5.41 Å². The van der Waals surface area contributed by atoms with Crippen LogP contribution in [0.1, 0.15) is 24.5 Å². The maximum Gasteiger partial charge on any atom is 0.0728 e. The van der Waals surface area contributed by atoms with Gasteiger partial charge in [-0.25, -0.2) is 0 Å². The van der Waals surface area contributed by atoms with E-state index in [1.54, 1.807) is 5.20 Å². The first kappa shape index (κ1) is 16.0. The molecule has 23 heavy (non-hydrogen) atoms. The number of allylic oxidation sites excluding steroid dienone is 4. The highest BCUT2D eigenvalue weighted by Crippen LogP contribution is 2.43. The Morgan fingerprint density at radius 3 is 1.65 bits per heavy atom. The van der Waals surface area contributed by atoms with Crippen LogP contribution in [0, 0.1) is 0 Å². The second-order valence-corrected chi connectivity index (χ2v) is 12.8. The number of rotatable bonds is 4. The molecular formula is C22H26Si. The lowest BCUT2D eigenvalue weighted by Gasteiger charge is -2.32. The Morgan fingerprint density at radius 1 is 0.783 bits per heavy atom. The fraction of sp³-hybridized carbons (Fsp3) is 0.273. The Hall–Kier alpha value is -1.86. The van der Waals surface area contributed by atoms with E-state index in [9.17, 15) is 0 Å². The molecule has 0 aromatic heterocycles. The summed E-state index contributed by atoms with van der Waals surface area (Å²) >= 11 is 0. The van der Waals surface area contributed by atoms with Crippen molar-refractivity contribution >= 4 is 8.07 Å². The first-order valence-corrected chi connectivity index (χ1v) is 11.9. The van der Waals surface area contributed by atoms with Gasteiger partial charge in [0.15, 0.2) is 0 Å². The van der Waals surface area contributed by atoms with Crippen LogP contribution in [-0.2, 0) is 5.41 Å². The van der Waals surface area contributed by atoms with Gasteiger partial charge >= 0.3 is 0 Å². The minimum Gasteiger partial charge on any atom is -0.0770 e. The fourth-order valence-corrected chi connectivity index (χ4v) is 4.74. The summed E-state index contributed by atoms with van der Waals surface area (Å²) in [5, 5.41) is 1.66. The lowest BCUT2D eigenvalue weighted by atomic mass is 9.71. The minimum atomic E-state index is -1.24. The van der Waals surface area contributed by atoms with E-state index in [0.29, 0.717) is 0 Å². The van der Waals surface area contributed by atoms with Crippen LogP contribution in [0.5, 0.6) is 0 Å². The molecule has 0 saturated heterocycles. The zero-order chi connectivity index (χ0) is 16.5. The highest BCUT2D eigenvalue weighted by atomic mass is 28.3. The van der Waals surface area contributed by atoms with Gasteiger partial charge in [-0.2, -0.15) is 0 Å². The zero-order valence-electron chi connectivity index (χ0n) is 14.6. The van der Waals surface area contributed by atoms with Gasteiger partial charge < -0.3 is 0 Å². The molecule has 0 fully saturated rings. The standard InChI is InChI=1S/C22H26Si/c1-22(18-11-7-5-8-12-18,19-13-9-6-10-14-19)20-15-16-21(17-20)23(2,3)4/h5-15,17H,16H2,1-4H3. The summed E-state index contributed by atoms with van der Waals surface area (Å²) in [6.45, 7) is 9.70.